The largest absolute Gasteiger partial charge is 0.433 e. The highest BCUT2D eigenvalue weighted by Gasteiger charge is 2.34. The Labute approximate surface area is 177 Å². The van der Waals surface area contributed by atoms with Gasteiger partial charge < -0.3 is 5.32 Å². The number of hydrogen-bond acceptors (Lipinski definition) is 4. The fraction of sp³-hybridized carbons (Fsp3) is 0.227. The number of halogens is 3. The summed E-state index contributed by atoms with van der Waals surface area (Å²) in [6.45, 7) is 3.59. The summed E-state index contributed by atoms with van der Waals surface area (Å²) in [5.74, 6) is -0.330. The molecule has 1 aromatic heterocycles. The molecule has 156 valence electrons. The molecule has 0 aliphatic carbocycles. The van der Waals surface area contributed by atoms with Crippen molar-refractivity contribution < 1.29 is 18.0 Å². The number of aryl methyl sites for hydroxylation is 1. The fourth-order valence-corrected chi connectivity index (χ4v) is 3.56. The van der Waals surface area contributed by atoms with E-state index in [0.717, 1.165) is 29.8 Å². The molecule has 0 spiro atoms. The summed E-state index contributed by atoms with van der Waals surface area (Å²) >= 11 is 0.889. The van der Waals surface area contributed by atoms with E-state index < -0.39 is 17.1 Å². The van der Waals surface area contributed by atoms with Crippen LogP contribution in [0.25, 0.3) is 11.3 Å². The summed E-state index contributed by atoms with van der Waals surface area (Å²) in [5.41, 5.74) is 1.32. The van der Waals surface area contributed by atoms with E-state index in [2.05, 4.69) is 15.3 Å². The summed E-state index contributed by atoms with van der Waals surface area (Å²) in [6.07, 6.45) is -3.87. The summed E-state index contributed by atoms with van der Waals surface area (Å²) in [7, 11) is 0. The van der Waals surface area contributed by atoms with Crippen molar-refractivity contribution >= 4 is 23.4 Å². The Morgan fingerprint density at radius 3 is 2.40 bits per heavy atom. The minimum Gasteiger partial charge on any atom is -0.325 e. The van der Waals surface area contributed by atoms with Crippen LogP contribution in [-0.2, 0) is 17.4 Å². The number of amides is 1. The monoisotopic (exact) mass is 431 g/mol. The molecule has 1 heterocycles. The van der Waals surface area contributed by atoms with Crippen LogP contribution in [0.3, 0.4) is 0 Å². The first-order valence-electron chi connectivity index (χ1n) is 9.35. The van der Waals surface area contributed by atoms with E-state index in [-0.39, 0.29) is 16.8 Å². The Hall–Kier alpha value is -2.87. The molecule has 0 unspecified atom stereocenters. The molecule has 1 N–H and O–H groups in total. The first kappa shape index (κ1) is 21.8. The number of thioether (sulfide) groups is 1. The highest BCUT2D eigenvalue weighted by atomic mass is 32.2. The third-order valence-electron chi connectivity index (χ3n) is 4.37. The van der Waals surface area contributed by atoms with Gasteiger partial charge in [0.25, 0.3) is 0 Å². The number of benzene rings is 2. The lowest BCUT2D eigenvalue weighted by atomic mass is 10.1. The molecule has 30 heavy (non-hydrogen) atoms. The van der Waals surface area contributed by atoms with Gasteiger partial charge in [0, 0.05) is 11.3 Å². The second kappa shape index (κ2) is 9.30. The molecular formula is C22H20F3N3OS. The quantitative estimate of drug-likeness (QED) is 0.393. The molecule has 4 nitrogen and oxygen atoms in total. The molecule has 0 radical (unpaired) electrons. The van der Waals surface area contributed by atoms with E-state index in [9.17, 15) is 18.0 Å². The predicted octanol–water partition coefficient (Wildman–Crippen LogP) is 5.84. The van der Waals surface area contributed by atoms with Crippen molar-refractivity contribution in [2.24, 2.45) is 0 Å². The number of nitrogens with one attached hydrogen (secondary N) is 1. The number of nitrogens with zero attached hydrogens (tertiary/aromatic N) is 2. The van der Waals surface area contributed by atoms with E-state index in [1.165, 1.54) is 0 Å². The second-order valence-electron chi connectivity index (χ2n) is 6.54. The van der Waals surface area contributed by atoms with Crippen LogP contribution in [0.5, 0.6) is 0 Å². The zero-order valence-electron chi connectivity index (χ0n) is 16.4. The molecule has 8 heteroatoms. The predicted molar refractivity (Wildman–Crippen MR) is 112 cm³/mol. The normalized spacial score (nSPS) is 12.4. The van der Waals surface area contributed by atoms with Crippen molar-refractivity contribution in [2.45, 2.75) is 36.9 Å². The number of anilines is 1. The summed E-state index contributed by atoms with van der Waals surface area (Å²) < 4.78 is 40.1. The van der Waals surface area contributed by atoms with Crippen molar-refractivity contribution in [3.05, 3.63) is 71.9 Å². The molecular weight excluding hydrogens is 411 g/mol. The number of aromatic nitrogens is 2. The van der Waals surface area contributed by atoms with Crippen LogP contribution >= 0.6 is 11.8 Å². The van der Waals surface area contributed by atoms with Gasteiger partial charge in [0.1, 0.15) is 5.69 Å². The standard InChI is InChI=1S/C22H20F3N3OS/c1-3-15-9-7-8-12-17(15)26-20(29)14(2)30-21-27-18(16-10-5-4-6-11-16)13-19(28-21)22(23,24)25/h4-14H,3H2,1-2H3,(H,26,29)/t14-/m1/s1. The molecule has 1 amide bonds. The molecule has 0 aliphatic heterocycles. The molecule has 0 saturated heterocycles. The van der Waals surface area contributed by atoms with Gasteiger partial charge in [-0.25, -0.2) is 9.97 Å². The number of carbonyl (C=O) groups excluding carboxylic acids is 1. The van der Waals surface area contributed by atoms with Crippen LogP contribution in [0.1, 0.15) is 25.1 Å². The highest BCUT2D eigenvalue weighted by Crippen LogP contribution is 2.33. The minimum atomic E-state index is -4.62. The van der Waals surface area contributed by atoms with Crippen LogP contribution in [0, 0.1) is 0 Å². The zero-order valence-corrected chi connectivity index (χ0v) is 17.2. The fourth-order valence-electron chi connectivity index (χ4n) is 2.78. The SMILES string of the molecule is CCc1ccccc1NC(=O)[C@@H](C)Sc1nc(-c2ccccc2)cc(C(F)(F)F)n1. The van der Waals surface area contributed by atoms with Crippen LogP contribution in [0.2, 0.25) is 0 Å². The first-order chi connectivity index (χ1) is 14.3. The Kier molecular flexibility index (Phi) is 6.77. The Morgan fingerprint density at radius 1 is 1.07 bits per heavy atom. The van der Waals surface area contributed by atoms with Gasteiger partial charge in [-0.3, -0.25) is 4.79 Å². The average Bonchev–Trinajstić information content (AvgIpc) is 2.74. The van der Waals surface area contributed by atoms with Gasteiger partial charge in [0.15, 0.2) is 5.16 Å². The molecule has 3 rings (SSSR count). The van der Waals surface area contributed by atoms with Gasteiger partial charge in [-0.05, 0) is 31.0 Å². The van der Waals surface area contributed by atoms with Crippen molar-refractivity contribution in [1.29, 1.82) is 0 Å². The van der Waals surface area contributed by atoms with E-state index >= 15 is 0 Å². The Morgan fingerprint density at radius 2 is 1.73 bits per heavy atom. The van der Waals surface area contributed by atoms with E-state index in [1.807, 2.05) is 25.1 Å². The number of hydrogen-bond donors (Lipinski definition) is 1. The second-order valence-corrected chi connectivity index (χ2v) is 7.85. The number of para-hydroxylation sites is 1. The Bertz CT molecular complexity index is 1030. The van der Waals surface area contributed by atoms with Gasteiger partial charge >= 0.3 is 6.18 Å². The molecule has 0 bridgehead atoms. The molecule has 0 fully saturated rings. The van der Waals surface area contributed by atoms with Gasteiger partial charge in [-0.15, -0.1) is 0 Å². The number of rotatable bonds is 6. The lowest BCUT2D eigenvalue weighted by molar-refractivity contribution is -0.141. The van der Waals surface area contributed by atoms with Crippen molar-refractivity contribution in [3.8, 4) is 11.3 Å². The highest BCUT2D eigenvalue weighted by molar-refractivity contribution is 8.00. The molecule has 3 aromatic rings. The topological polar surface area (TPSA) is 54.9 Å². The van der Waals surface area contributed by atoms with Crippen LogP contribution < -0.4 is 5.32 Å². The van der Waals surface area contributed by atoms with Gasteiger partial charge in [0.2, 0.25) is 5.91 Å². The summed E-state index contributed by atoms with van der Waals surface area (Å²) in [6, 6.07) is 16.9. The molecule has 0 aliphatic rings. The Balaban J connectivity index is 1.85. The van der Waals surface area contributed by atoms with Crippen LogP contribution in [-0.4, -0.2) is 21.1 Å². The average molecular weight is 431 g/mol. The molecule has 1 atom stereocenters. The van der Waals surface area contributed by atoms with E-state index in [1.54, 1.807) is 43.3 Å². The number of alkyl halides is 3. The maximum absolute atomic E-state index is 13.4. The van der Waals surface area contributed by atoms with Crippen LogP contribution in [0.15, 0.2) is 65.8 Å². The van der Waals surface area contributed by atoms with Crippen molar-refractivity contribution in [3.63, 3.8) is 0 Å². The van der Waals surface area contributed by atoms with Gasteiger partial charge in [0.05, 0.1) is 10.9 Å². The third kappa shape index (κ3) is 5.38. The molecule has 0 saturated carbocycles. The zero-order chi connectivity index (χ0) is 21.7. The lowest BCUT2D eigenvalue weighted by Gasteiger charge is -2.15. The smallest absolute Gasteiger partial charge is 0.325 e. The first-order valence-corrected chi connectivity index (χ1v) is 10.2. The van der Waals surface area contributed by atoms with Crippen molar-refractivity contribution in [2.75, 3.05) is 5.32 Å². The molecule has 2 aromatic carbocycles. The van der Waals surface area contributed by atoms with E-state index in [4.69, 9.17) is 0 Å². The number of carbonyl (C=O) groups is 1. The maximum Gasteiger partial charge on any atom is 0.433 e. The van der Waals surface area contributed by atoms with Crippen LogP contribution in [0.4, 0.5) is 18.9 Å². The van der Waals surface area contributed by atoms with Crippen molar-refractivity contribution in [1.82, 2.24) is 9.97 Å². The van der Waals surface area contributed by atoms with E-state index in [0.29, 0.717) is 11.3 Å². The maximum atomic E-state index is 13.4. The van der Waals surface area contributed by atoms with Gasteiger partial charge in [-0.1, -0.05) is 67.2 Å². The minimum absolute atomic E-state index is 0.102. The third-order valence-corrected chi connectivity index (χ3v) is 5.33. The lowest BCUT2D eigenvalue weighted by Crippen LogP contribution is -2.23. The summed E-state index contributed by atoms with van der Waals surface area (Å²) in [5, 5.41) is 2.04. The summed E-state index contributed by atoms with van der Waals surface area (Å²) in [4.78, 5) is 20.5. The van der Waals surface area contributed by atoms with Gasteiger partial charge in [-0.2, -0.15) is 13.2 Å².